The van der Waals surface area contributed by atoms with Crippen LogP contribution in [-0.4, -0.2) is 86.9 Å². The zero-order chi connectivity index (χ0) is 33.3. The number of hydrazine groups is 1. The number of hydrogen-bond donors (Lipinski definition) is 5. The molecular formula is C35H50N6O4. The van der Waals surface area contributed by atoms with Crippen LogP contribution in [0.3, 0.4) is 0 Å². The van der Waals surface area contributed by atoms with Gasteiger partial charge in [-0.1, -0.05) is 66.2 Å². The van der Waals surface area contributed by atoms with Gasteiger partial charge in [0.1, 0.15) is 12.0 Å². The van der Waals surface area contributed by atoms with Crippen LogP contribution in [0.4, 0.5) is 0 Å². The highest BCUT2D eigenvalue weighted by atomic mass is 16.3. The third-order valence-corrected chi connectivity index (χ3v) is 6.16. The van der Waals surface area contributed by atoms with Crippen molar-refractivity contribution >= 4 is 18.1 Å². The fourth-order valence-corrected chi connectivity index (χ4v) is 3.74. The van der Waals surface area contributed by atoms with Crippen molar-refractivity contribution in [2.24, 2.45) is 0 Å². The third-order valence-electron chi connectivity index (χ3n) is 6.16. The van der Waals surface area contributed by atoms with E-state index in [1.165, 1.54) is 5.56 Å². The van der Waals surface area contributed by atoms with Crippen LogP contribution >= 0.6 is 0 Å². The summed E-state index contributed by atoms with van der Waals surface area (Å²) in [4.78, 5) is 37.4. The van der Waals surface area contributed by atoms with Gasteiger partial charge in [0.15, 0.2) is 0 Å². The second-order valence-electron chi connectivity index (χ2n) is 10.5. The summed E-state index contributed by atoms with van der Waals surface area (Å²) in [5.74, 6) is 0.398. The second kappa shape index (κ2) is 24.0. The molecule has 0 atom stereocenters. The predicted molar refractivity (Wildman–Crippen MR) is 182 cm³/mol. The van der Waals surface area contributed by atoms with E-state index in [0.29, 0.717) is 43.9 Å². The molecule has 0 aliphatic carbocycles. The minimum Gasteiger partial charge on any atom is -0.508 e. The number of amides is 2. The summed E-state index contributed by atoms with van der Waals surface area (Å²) in [6.07, 6.45) is 2.96. The van der Waals surface area contributed by atoms with Crippen LogP contribution in [0.5, 0.6) is 5.75 Å². The maximum atomic E-state index is 12.1. The van der Waals surface area contributed by atoms with E-state index in [-0.39, 0.29) is 11.8 Å². The van der Waals surface area contributed by atoms with E-state index in [1.807, 2.05) is 73.7 Å². The Hall–Kier alpha value is -4.35. The van der Waals surface area contributed by atoms with Gasteiger partial charge in [-0.2, -0.15) is 0 Å². The maximum Gasteiger partial charge on any atom is 0.253 e. The number of aldehydes is 1. The Labute approximate surface area is 268 Å². The monoisotopic (exact) mass is 618 g/mol. The number of carbonyl (C=O) groups is 3. The molecule has 0 aliphatic rings. The Kier molecular flexibility index (Phi) is 20.6. The molecule has 0 bridgehead atoms. The van der Waals surface area contributed by atoms with Crippen molar-refractivity contribution in [3.8, 4) is 5.75 Å². The topological polar surface area (TPSA) is 126 Å². The summed E-state index contributed by atoms with van der Waals surface area (Å²) in [7, 11) is 5.57. The molecule has 3 rings (SSSR count). The van der Waals surface area contributed by atoms with Gasteiger partial charge in [0.25, 0.3) is 5.91 Å². The van der Waals surface area contributed by atoms with E-state index in [0.717, 1.165) is 37.0 Å². The highest BCUT2D eigenvalue weighted by Crippen LogP contribution is 2.09. The Bertz CT molecular complexity index is 1220. The molecule has 0 aliphatic heterocycles. The van der Waals surface area contributed by atoms with Gasteiger partial charge in [-0.25, -0.2) is 0 Å². The first-order chi connectivity index (χ1) is 21.7. The minimum atomic E-state index is 0.0155. The van der Waals surface area contributed by atoms with E-state index in [9.17, 15) is 14.4 Å². The Morgan fingerprint density at radius 2 is 1.53 bits per heavy atom. The molecule has 3 aromatic carbocycles. The van der Waals surface area contributed by atoms with E-state index in [1.54, 1.807) is 37.2 Å². The number of phenols is 1. The van der Waals surface area contributed by atoms with Crippen LogP contribution in [0, 0.1) is 6.92 Å². The summed E-state index contributed by atoms with van der Waals surface area (Å²) in [6, 6.07) is 24.7. The Balaban J connectivity index is 0.000000513. The zero-order valence-corrected chi connectivity index (χ0v) is 27.1. The van der Waals surface area contributed by atoms with Crippen molar-refractivity contribution < 1.29 is 19.5 Å². The SMILES string of the molecule is C=CCNNCC=O.CN(CCNCCC(=O)NCc1ccccc1)Cc1cccc(C(=O)N(C)C)c1.Cc1ccc(O)cc1. The lowest BCUT2D eigenvalue weighted by Gasteiger charge is -2.18. The number of rotatable bonds is 16. The van der Waals surface area contributed by atoms with Crippen molar-refractivity contribution in [3.63, 3.8) is 0 Å². The summed E-state index contributed by atoms with van der Waals surface area (Å²) in [5, 5.41) is 15.0. The highest BCUT2D eigenvalue weighted by Gasteiger charge is 2.09. The molecule has 0 spiro atoms. The maximum absolute atomic E-state index is 12.1. The average molecular weight is 619 g/mol. The molecule has 0 saturated carbocycles. The lowest BCUT2D eigenvalue weighted by molar-refractivity contribution is -0.121. The summed E-state index contributed by atoms with van der Waals surface area (Å²) in [5.41, 5.74) is 9.48. The van der Waals surface area contributed by atoms with Crippen molar-refractivity contribution in [1.29, 1.82) is 0 Å². The normalized spacial score (nSPS) is 10.1. The molecule has 10 heteroatoms. The molecule has 2 amide bonds. The molecule has 0 heterocycles. The number of phenolic OH excluding ortho intramolecular Hbond substituents is 1. The average Bonchev–Trinajstić information content (AvgIpc) is 3.04. The van der Waals surface area contributed by atoms with Crippen molar-refractivity contribution in [2.75, 3.05) is 53.9 Å². The number of carbonyl (C=O) groups excluding carboxylic acids is 3. The van der Waals surface area contributed by atoms with Gasteiger partial charge < -0.3 is 30.3 Å². The fraction of sp³-hybridized carbons (Fsp3) is 0.343. The lowest BCUT2D eigenvalue weighted by Crippen LogP contribution is -2.32. The van der Waals surface area contributed by atoms with Gasteiger partial charge in [-0.15, -0.1) is 6.58 Å². The molecule has 0 saturated heterocycles. The Morgan fingerprint density at radius 1 is 0.867 bits per heavy atom. The molecule has 0 radical (unpaired) electrons. The number of likely N-dealkylation sites (N-methyl/N-ethyl adjacent to an activating group) is 1. The highest BCUT2D eigenvalue weighted by molar-refractivity contribution is 5.94. The van der Waals surface area contributed by atoms with Crippen LogP contribution in [0.1, 0.15) is 33.5 Å². The van der Waals surface area contributed by atoms with Crippen molar-refractivity contribution in [2.45, 2.75) is 26.4 Å². The first kappa shape index (κ1) is 38.7. The standard InChI is InChI=1S/C23H32N4O2.C7H8O.C5H10N2O/c1-26(2)23(29)21-11-7-10-20(16-21)18-27(3)15-14-24-13-12-22(28)25-17-19-8-5-4-6-9-19;1-6-2-4-7(8)5-3-6;1-2-3-6-7-4-5-8/h4-11,16,24H,12-15,17-18H2,1-3H3,(H,25,28);2-5,8H,1H3;2,5-7H,1,3-4H2. The second-order valence-corrected chi connectivity index (χ2v) is 10.5. The fourth-order valence-electron chi connectivity index (χ4n) is 3.74. The Morgan fingerprint density at radius 3 is 2.16 bits per heavy atom. The van der Waals surface area contributed by atoms with Gasteiger partial charge >= 0.3 is 0 Å². The van der Waals surface area contributed by atoms with Gasteiger partial charge in [0.2, 0.25) is 5.91 Å². The van der Waals surface area contributed by atoms with E-state index >= 15 is 0 Å². The molecule has 3 aromatic rings. The summed E-state index contributed by atoms with van der Waals surface area (Å²) < 4.78 is 0. The number of nitrogens with zero attached hydrogens (tertiary/aromatic N) is 2. The molecule has 0 fully saturated rings. The summed E-state index contributed by atoms with van der Waals surface area (Å²) in [6.45, 7) is 10.1. The molecule has 45 heavy (non-hydrogen) atoms. The molecule has 0 aromatic heterocycles. The predicted octanol–water partition coefficient (Wildman–Crippen LogP) is 3.28. The number of benzene rings is 3. The molecule has 5 N–H and O–H groups in total. The van der Waals surface area contributed by atoms with E-state index in [2.05, 4.69) is 40.0 Å². The van der Waals surface area contributed by atoms with Gasteiger partial charge in [-0.3, -0.25) is 20.4 Å². The number of aryl methyl sites for hydroxylation is 1. The summed E-state index contributed by atoms with van der Waals surface area (Å²) >= 11 is 0. The number of nitrogens with one attached hydrogen (secondary N) is 4. The van der Waals surface area contributed by atoms with Crippen LogP contribution in [0.25, 0.3) is 0 Å². The van der Waals surface area contributed by atoms with Crippen LogP contribution in [-0.2, 0) is 22.7 Å². The van der Waals surface area contributed by atoms with E-state index < -0.39 is 0 Å². The van der Waals surface area contributed by atoms with Crippen LogP contribution in [0.15, 0.2) is 91.5 Å². The van der Waals surface area contributed by atoms with Gasteiger partial charge in [0, 0.05) is 65.3 Å². The molecule has 0 unspecified atom stereocenters. The van der Waals surface area contributed by atoms with Gasteiger partial charge in [0.05, 0.1) is 6.54 Å². The third kappa shape index (κ3) is 19.5. The zero-order valence-electron chi connectivity index (χ0n) is 27.1. The largest absolute Gasteiger partial charge is 0.508 e. The molecular weight excluding hydrogens is 568 g/mol. The minimum absolute atomic E-state index is 0.0155. The first-order valence-corrected chi connectivity index (χ1v) is 14.9. The van der Waals surface area contributed by atoms with Crippen LogP contribution < -0.4 is 21.5 Å². The number of aromatic hydroxyl groups is 1. The smallest absolute Gasteiger partial charge is 0.253 e. The van der Waals surface area contributed by atoms with E-state index in [4.69, 9.17) is 5.11 Å². The van der Waals surface area contributed by atoms with Crippen molar-refractivity contribution in [3.05, 3.63) is 114 Å². The lowest BCUT2D eigenvalue weighted by atomic mass is 10.1. The molecule has 10 nitrogen and oxygen atoms in total. The van der Waals surface area contributed by atoms with Crippen molar-refractivity contribution in [1.82, 2.24) is 31.3 Å². The van der Waals surface area contributed by atoms with Gasteiger partial charge in [-0.05, 0) is 49.4 Å². The first-order valence-electron chi connectivity index (χ1n) is 14.9. The number of hydrogen-bond acceptors (Lipinski definition) is 8. The van der Waals surface area contributed by atoms with Crippen LogP contribution in [0.2, 0.25) is 0 Å². The molecule has 244 valence electrons. The quantitative estimate of drug-likeness (QED) is 0.0717.